The number of nitrogens with two attached hydrogens (primary N) is 1. The Hall–Kier alpha value is -4.25. The number of urea groups is 1. The van der Waals surface area contributed by atoms with E-state index in [0.717, 1.165) is 42.9 Å². The number of benzene rings is 3. The Morgan fingerprint density at radius 3 is 2.38 bits per heavy atom. The lowest BCUT2D eigenvalue weighted by molar-refractivity contribution is 0.262. The van der Waals surface area contributed by atoms with E-state index in [4.69, 9.17) is 28.9 Å². The van der Waals surface area contributed by atoms with E-state index in [1.165, 1.54) is 0 Å². The van der Waals surface area contributed by atoms with Crippen LogP contribution in [0.2, 0.25) is 10.0 Å². The summed E-state index contributed by atoms with van der Waals surface area (Å²) < 4.78 is 0. The van der Waals surface area contributed by atoms with Gasteiger partial charge in [-0.2, -0.15) is 0 Å². The van der Waals surface area contributed by atoms with Crippen molar-refractivity contribution in [1.29, 1.82) is 0 Å². The lowest BCUT2D eigenvalue weighted by Crippen LogP contribution is -2.44. The second-order valence-electron chi connectivity index (χ2n) is 9.79. The Morgan fingerprint density at radius 2 is 1.62 bits per heavy atom. The fourth-order valence-corrected chi connectivity index (χ4v) is 5.17. The van der Waals surface area contributed by atoms with E-state index < -0.39 is 6.03 Å². The van der Waals surface area contributed by atoms with Crippen molar-refractivity contribution < 1.29 is 4.79 Å². The number of nitrogens with zero attached hydrogens (tertiary/aromatic N) is 3. The number of fused-ring (bicyclic) bond motifs is 2. The van der Waals surface area contributed by atoms with Crippen LogP contribution in [0.4, 0.5) is 27.5 Å². The summed E-state index contributed by atoms with van der Waals surface area (Å²) in [7, 11) is 2.12. The smallest absolute Gasteiger partial charge is 0.323 e. The predicted molar refractivity (Wildman–Crippen MR) is 163 cm³/mol. The number of hydrogen-bond acceptors (Lipinski definition) is 6. The number of carbonyl (C=O) groups excluding carboxylic acids is 1. The third-order valence-electron chi connectivity index (χ3n) is 7.06. The molecule has 3 aromatic carbocycles. The fraction of sp³-hybridized carbons (Fsp3) is 0.179. The summed E-state index contributed by atoms with van der Waals surface area (Å²) >= 11 is 12.0. The Balaban J connectivity index is 1.29. The monoisotopic (exact) mass is 576 g/mol. The minimum absolute atomic E-state index is 0.238. The average Bonchev–Trinajstić information content (AvgIpc) is 3.34. The van der Waals surface area contributed by atoms with Gasteiger partial charge in [-0.15, -0.1) is 0 Å². The van der Waals surface area contributed by atoms with Crippen LogP contribution in [0.3, 0.4) is 0 Å². The van der Waals surface area contributed by atoms with Crippen LogP contribution in [-0.4, -0.2) is 59.1 Å². The molecule has 3 heterocycles. The van der Waals surface area contributed by atoms with E-state index in [1.807, 2.05) is 12.1 Å². The number of hydrogen-bond donors (Lipinski definition) is 5. The molecular formula is C28H26Cl2N8O2. The summed E-state index contributed by atoms with van der Waals surface area (Å²) in [5.74, 6) is 0.377. The molecule has 0 unspecified atom stereocenters. The number of anilines is 4. The molecule has 1 fully saturated rings. The lowest BCUT2D eigenvalue weighted by Gasteiger charge is -2.34. The molecule has 0 spiro atoms. The van der Waals surface area contributed by atoms with Crippen molar-refractivity contribution in [1.82, 2.24) is 19.9 Å². The number of halogens is 2. The SMILES string of the molecule is CN1CCN(c2ccc3nc(-c4c(N)c5cc(NC(=O)Nc6ccc(Cl)c(Cl)c6)ccc5[nH]c4=O)[nH]c3c2)CC1. The molecule has 0 bridgehead atoms. The summed E-state index contributed by atoms with van der Waals surface area (Å²) in [5, 5.41) is 6.77. The molecule has 1 saturated heterocycles. The number of likely N-dealkylation sites (N-methyl/N-ethyl adjacent to an activating group) is 1. The minimum Gasteiger partial charge on any atom is -0.397 e. The van der Waals surface area contributed by atoms with Gasteiger partial charge in [0, 0.05) is 48.6 Å². The third kappa shape index (κ3) is 5.04. The fourth-order valence-electron chi connectivity index (χ4n) is 4.88. The summed E-state index contributed by atoms with van der Waals surface area (Å²) in [6.45, 7) is 3.90. The maximum Gasteiger partial charge on any atom is 0.323 e. The molecule has 0 atom stereocenters. The number of amides is 2. The van der Waals surface area contributed by atoms with Gasteiger partial charge in [0.25, 0.3) is 5.56 Å². The highest BCUT2D eigenvalue weighted by Gasteiger charge is 2.19. The molecule has 6 rings (SSSR count). The molecule has 2 aromatic heterocycles. The Labute approximate surface area is 239 Å². The zero-order valence-corrected chi connectivity index (χ0v) is 23.0. The molecule has 0 aliphatic carbocycles. The number of H-pyrrole nitrogens is 2. The van der Waals surface area contributed by atoms with Crippen molar-refractivity contribution >= 4 is 73.9 Å². The first kappa shape index (κ1) is 26.0. The highest BCUT2D eigenvalue weighted by atomic mass is 35.5. The number of imidazole rings is 1. The van der Waals surface area contributed by atoms with Gasteiger partial charge in [0.2, 0.25) is 0 Å². The zero-order valence-electron chi connectivity index (χ0n) is 21.5. The number of aromatic nitrogens is 3. The molecule has 40 heavy (non-hydrogen) atoms. The molecule has 1 aliphatic rings. The number of nitrogens with one attached hydrogen (secondary N) is 4. The second-order valence-corrected chi connectivity index (χ2v) is 10.6. The normalized spacial score (nSPS) is 14.1. The number of piperazine rings is 1. The van der Waals surface area contributed by atoms with E-state index in [0.29, 0.717) is 38.1 Å². The number of carbonyl (C=O) groups is 1. The predicted octanol–water partition coefficient (Wildman–Crippen LogP) is 5.36. The van der Waals surface area contributed by atoms with Gasteiger partial charge >= 0.3 is 6.03 Å². The van der Waals surface area contributed by atoms with Gasteiger partial charge in [-0.3, -0.25) is 4.79 Å². The maximum absolute atomic E-state index is 13.1. The van der Waals surface area contributed by atoms with Crippen LogP contribution in [0.15, 0.2) is 59.4 Å². The van der Waals surface area contributed by atoms with Crippen molar-refractivity contribution in [3.05, 3.63) is 75.0 Å². The van der Waals surface area contributed by atoms with Crippen molar-refractivity contribution in [2.75, 3.05) is 54.5 Å². The molecular weight excluding hydrogens is 551 g/mol. The van der Waals surface area contributed by atoms with Gasteiger partial charge in [0.1, 0.15) is 11.4 Å². The first-order valence-electron chi connectivity index (χ1n) is 12.7. The summed E-state index contributed by atoms with van der Waals surface area (Å²) in [5.41, 5.74) is 10.8. The van der Waals surface area contributed by atoms with Crippen LogP contribution in [0.25, 0.3) is 33.3 Å². The summed E-state index contributed by atoms with van der Waals surface area (Å²) in [4.78, 5) is 41.1. The largest absolute Gasteiger partial charge is 0.397 e. The Morgan fingerprint density at radius 1 is 0.900 bits per heavy atom. The minimum atomic E-state index is -0.477. The topological polar surface area (TPSA) is 135 Å². The number of pyridine rings is 1. The molecule has 2 amide bonds. The van der Waals surface area contributed by atoms with Crippen molar-refractivity contribution in [3.63, 3.8) is 0 Å². The number of nitrogen functional groups attached to an aromatic ring is 1. The quantitative estimate of drug-likeness (QED) is 0.195. The van der Waals surface area contributed by atoms with Crippen LogP contribution in [0, 0.1) is 0 Å². The van der Waals surface area contributed by atoms with Crippen LogP contribution in [0.1, 0.15) is 0 Å². The van der Waals surface area contributed by atoms with Gasteiger partial charge in [-0.1, -0.05) is 23.2 Å². The number of aromatic amines is 2. The van der Waals surface area contributed by atoms with Gasteiger partial charge in [-0.25, -0.2) is 9.78 Å². The molecule has 6 N–H and O–H groups in total. The highest BCUT2D eigenvalue weighted by Crippen LogP contribution is 2.31. The molecule has 10 nitrogen and oxygen atoms in total. The highest BCUT2D eigenvalue weighted by molar-refractivity contribution is 6.42. The van der Waals surface area contributed by atoms with Gasteiger partial charge in [0.15, 0.2) is 0 Å². The summed E-state index contributed by atoms with van der Waals surface area (Å²) in [6, 6.07) is 15.4. The number of rotatable bonds is 4. The Bertz CT molecular complexity index is 1830. The lowest BCUT2D eigenvalue weighted by atomic mass is 10.1. The van der Waals surface area contributed by atoms with E-state index in [9.17, 15) is 9.59 Å². The standard InChI is InChI=1S/C28H26Cl2N8O2/c1-37-8-10-38(11-9-37)17-4-7-22-23(14-17)35-26(34-22)24-25(31)18-12-15(3-6-21(18)36-27(24)39)32-28(40)33-16-2-5-19(29)20(30)13-16/h2-7,12-14H,8-11H2,1H3,(H,34,35)(H3,31,36,39)(H2,32,33,40). The first-order chi connectivity index (χ1) is 19.2. The third-order valence-corrected chi connectivity index (χ3v) is 7.80. The van der Waals surface area contributed by atoms with Gasteiger partial charge < -0.3 is 36.1 Å². The molecule has 0 radical (unpaired) electrons. The van der Waals surface area contributed by atoms with Crippen molar-refractivity contribution in [2.45, 2.75) is 0 Å². The average molecular weight is 577 g/mol. The molecule has 12 heteroatoms. The van der Waals surface area contributed by atoms with Crippen molar-refractivity contribution in [3.8, 4) is 11.4 Å². The Kier molecular flexibility index (Phi) is 6.75. The molecule has 0 saturated carbocycles. The zero-order chi connectivity index (χ0) is 28.0. The van der Waals surface area contributed by atoms with E-state index >= 15 is 0 Å². The van der Waals surface area contributed by atoms with Gasteiger partial charge in [0.05, 0.1) is 32.3 Å². The first-order valence-corrected chi connectivity index (χ1v) is 13.4. The second kappa shape index (κ2) is 10.4. The van der Waals surface area contributed by atoms with Crippen LogP contribution in [-0.2, 0) is 0 Å². The van der Waals surface area contributed by atoms with Crippen LogP contribution in [0.5, 0.6) is 0 Å². The summed E-state index contributed by atoms with van der Waals surface area (Å²) in [6.07, 6.45) is 0. The van der Waals surface area contributed by atoms with Crippen LogP contribution < -0.4 is 26.8 Å². The molecule has 204 valence electrons. The van der Waals surface area contributed by atoms with Crippen LogP contribution >= 0.6 is 23.2 Å². The van der Waals surface area contributed by atoms with E-state index in [1.54, 1.807) is 36.4 Å². The van der Waals surface area contributed by atoms with E-state index in [2.05, 4.69) is 48.5 Å². The maximum atomic E-state index is 13.1. The molecule has 5 aromatic rings. The van der Waals surface area contributed by atoms with Crippen molar-refractivity contribution in [2.24, 2.45) is 0 Å². The van der Waals surface area contributed by atoms with E-state index in [-0.39, 0.29) is 16.8 Å². The van der Waals surface area contributed by atoms with Gasteiger partial charge in [-0.05, 0) is 61.6 Å². The molecule has 1 aliphatic heterocycles.